The Kier molecular flexibility index (Phi) is 7.47. The van der Waals surface area contributed by atoms with E-state index in [0.29, 0.717) is 10.0 Å². The van der Waals surface area contributed by atoms with E-state index in [-0.39, 0.29) is 29.3 Å². The minimum absolute atomic E-state index is 0. The van der Waals surface area contributed by atoms with Gasteiger partial charge in [-0.1, -0.05) is 6.92 Å². The zero-order valence-electron chi connectivity index (χ0n) is 12.8. The first-order valence-electron chi connectivity index (χ1n) is 6.96. The van der Waals surface area contributed by atoms with Crippen LogP contribution in [0.3, 0.4) is 0 Å². The molecule has 6 nitrogen and oxygen atoms in total. The highest BCUT2D eigenvalue weighted by Gasteiger charge is 2.28. The van der Waals surface area contributed by atoms with E-state index in [2.05, 4.69) is 30.7 Å². The van der Waals surface area contributed by atoms with Gasteiger partial charge in [0, 0.05) is 10.5 Å². The van der Waals surface area contributed by atoms with E-state index in [1.807, 2.05) is 6.92 Å². The lowest BCUT2D eigenvalue weighted by Crippen LogP contribution is -2.48. The van der Waals surface area contributed by atoms with Crippen LogP contribution in [-0.2, 0) is 14.8 Å². The van der Waals surface area contributed by atoms with Gasteiger partial charge in [0.2, 0.25) is 10.0 Å². The average Bonchev–Trinajstić information content (AvgIpc) is 2.48. The smallest absolute Gasteiger partial charge is 0.337 e. The Balaban J connectivity index is 0.00000264. The van der Waals surface area contributed by atoms with Gasteiger partial charge in [-0.05, 0) is 59.6 Å². The van der Waals surface area contributed by atoms with Gasteiger partial charge in [-0.2, -0.15) is 0 Å². The minimum Gasteiger partial charge on any atom is -0.465 e. The Hall–Kier alpha value is -0.670. The van der Waals surface area contributed by atoms with E-state index in [4.69, 9.17) is 0 Å². The van der Waals surface area contributed by atoms with Crippen molar-refractivity contribution in [2.45, 2.75) is 24.3 Å². The van der Waals surface area contributed by atoms with Crippen molar-refractivity contribution >= 4 is 44.3 Å². The van der Waals surface area contributed by atoms with E-state index < -0.39 is 16.0 Å². The molecule has 130 valence electrons. The molecule has 1 saturated heterocycles. The summed E-state index contributed by atoms with van der Waals surface area (Å²) in [5.74, 6) is -0.291. The van der Waals surface area contributed by atoms with Crippen LogP contribution in [0.25, 0.3) is 0 Å². The lowest BCUT2D eigenvalue weighted by Gasteiger charge is -2.30. The van der Waals surface area contributed by atoms with Gasteiger partial charge >= 0.3 is 5.97 Å². The number of sulfonamides is 1. The number of methoxy groups -OCH3 is 1. The molecular formula is C14H20BrClN2O4S. The lowest BCUT2D eigenvalue weighted by molar-refractivity contribution is 0.0600. The second kappa shape index (κ2) is 8.43. The molecule has 0 aliphatic carbocycles. The zero-order valence-corrected chi connectivity index (χ0v) is 16.1. The maximum atomic E-state index is 12.5. The summed E-state index contributed by atoms with van der Waals surface area (Å²) >= 11 is 3.22. The molecule has 1 aliphatic heterocycles. The Morgan fingerprint density at radius 1 is 1.43 bits per heavy atom. The summed E-state index contributed by atoms with van der Waals surface area (Å²) in [5.41, 5.74) is 0.295. The van der Waals surface area contributed by atoms with Crippen molar-refractivity contribution in [1.82, 2.24) is 10.0 Å². The molecule has 1 aliphatic rings. The number of hydrogen-bond acceptors (Lipinski definition) is 5. The molecule has 1 aromatic carbocycles. The van der Waals surface area contributed by atoms with Crippen molar-refractivity contribution in [2.75, 3.05) is 20.2 Å². The van der Waals surface area contributed by atoms with Crippen LogP contribution in [0, 0.1) is 5.92 Å². The second-order valence-corrected chi connectivity index (χ2v) is 7.87. The van der Waals surface area contributed by atoms with Gasteiger partial charge in [-0.15, -0.1) is 12.4 Å². The van der Waals surface area contributed by atoms with Crippen molar-refractivity contribution in [3.63, 3.8) is 0 Å². The molecule has 0 bridgehead atoms. The molecule has 23 heavy (non-hydrogen) atoms. The van der Waals surface area contributed by atoms with Crippen LogP contribution < -0.4 is 10.0 Å². The van der Waals surface area contributed by atoms with Gasteiger partial charge < -0.3 is 10.1 Å². The molecule has 9 heteroatoms. The lowest BCUT2D eigenvalue weighted by atomic mass is 9.97. The fraction of sp³-hybridized carbons (Fsp3) is 0.500. The molecule has 0 spiro atoms. The first kappa shape index (κ1) is 20.4. The van der Waals surface area contributed by atoms with Crippen molar-refractivity contribution in [2.24, 2.45) is 5.92 Å². The van der Waals surface area contributed by atoms with E-state index in [9.17, 15) is 13.2 Å². The van der Waals surface area contributed by atoms with Gasteiger partial charge in [0.15, 0.2) is 0 Å². The summed E-state index contributed by atoms with van der Waals surface area (Å²) in [6, 6.07) is 4.20. The fourth-order valence-corrected chi connectivity index (χ4v) is 4.87. The largest absolute Gasteiger partial charge is 0.465 e. The summed E-state index contributed by atoms with van der Waals surface area (Å²) in [4.78, 5) is 11.6. The Labute approximate surface area is 151 Å². The zero-order chi connectivity index (χ0) is 16.3. The number of benzene rings is 1. The number of nitrogens with one attached hydrogen (secondary N) is 2. The van der Waals surface area contributed by atoms with Crippen LogP contribution >= 0.6 is 28.3 Å². The summed E-state index contributed by atoms with van der Waals surface area (Å²) in [6.45, 7) is 3.59. The average molecular weight is 428 g/mol. The standard InChI is InChI=1S/C14H19BrN2O4S.ClH/c1-9-8-16-6-5-12(9)17-22(19,20)13-4-3-10(7-11(13)15)14(18)21-2;/h3-4,7,9,12,16-17H,5-6,8H2,1-2H3;1H. The van der Waals surface area contributed by atoms with Crippen LogP contribution in [-0.4, -0.2) is 40.6 Å². The quantitative estimate of drug-likeness (QED) is 0.717. The van der Waals surface area contributed by atoms with E-state index >= 15 is 0 Å². The van der Waals surface area contributed by atoms with Gasteiger partial charge in [-0.3, -0.25) is 0 Å². The first-order valence-corrected chi connectivity index (χ1v) is 9.23. The summed E-state index contributed by atoms with van der Waals surface area (Å²) in [6.07, 6.45) is 0.748. The topological polar surface area (TPSA) is 84.5 Å². The van der Waals surface area contributed by atoms with Gasteiger partial charge in [0.25, 0.3) is 0 Å². The van der Waals surface area contributed by atoms with Crippen molar-refractivity contribution < 1.29 is 17.9 Å². The Morgan fingerprint density at radius 3 is 2.70 bits per heavy atom. The number of carbonyl (C=O) groups excluding carboxylic acids is 1. The first-order chi connectivity index (χ1) is 10.3. The third-order valence-electron chi connectivity index (χ3n) is 3.73. The number of piperidine rings is 1. The number of hydrogen-bond donors (Lipinski definition) is 2. The van der Waals surface area contributed by atoms with Crippen LogP contribution in [0.15, 0.2) is 27.6 Å². The van der Waals surface area contributed by atoms with Crippen molar-refractivity contribution in [3.8, 4) is 0 Å². The number of esters is 1. The van der Waals surface area contributed by atoms with E-state index in [1.54, 1.807) is 0 Å². The van der Waals surface area contributed by atoms with Gasteiger partial charge in [0.1, 0.15) is 0 Å². The van der Waals surface area contributed by atoms with E-state index in [1.165, 1.54) is 25.3 Å². The number of halogens is 2. The minimum atomic E-state index is -3.65. The number of ether oxygens (including phenoxy) is 1. The molecule has 0 amide bonds. The van der Waals surface area contributed by atoms with Gasteiger partial charge in [0.05, 0.1) is 17.6 Å². The highest BCUT2D eigenvalue weighted by molar-refractivity contribution is 9.10. The van der Waals surface area contributed by atoms with Crippen LogP contribution in [0.2, 0.25) is 0 Å². The second-order valence-electron chi connectivity index (χ2n) is 5.33. The number of rotatable bonds is 4. The third kappa shape index (κ3) is 4.90. The molecule has 2 rings (SSSR count). The molecule has 1 fully saturated rings. The molecule has 0 aromatic heterocycles. The molecule has 0 radical (unpaired) electrons. The predicted molar refractivity (Wildman–Crippen MR) is 93.5 cm³/mol. The molecule has 1 aromatic rings. The maximum Gasteiger partial charge on any atom is 0.337 e. The maximum absolute atomic E-state index is 12.5. The molecule has 2 unspecified atom stereocenters. The third-order valence-corrected chi connectivity index (χ3v) is 6.20. The van der Waals surface area contributed by atoms with E-state index in [0.717, 1.165) is 19.5 Å². The van der Waals surface area contributed by atoms with Crippen LogP contribution in [0.1, 0.15) is 23.7 Å². The SMILES string of the molecule is COC(=O)c1ccc(S(=O)(=O)NC2CCNCC2C)c(Br)c1.Cl. The van der Waals surface area contributed by atoms with Crippen molar-refractivity contribution in [1.29, 1.82) is 0 Å². The van der Waals surface area contributed by atoms with Crippen molar-refractivity contribution in [3.05, 3.63) is 28.2 Å². The summed E-state index contributed by atoms with van der Waals surface area (Å²) < 4.78 is 32.8. The Bertz CT molecular complexity index is 669. The van der Waals surface area contributed by atoms with Crippen LogP contribution in [0.5, 0.6) is 0 Å². The normalized spacial score (nSPS) is 21.3. The molecule has 2 N–H and O–H groups in total. The fourth-order valence-electron chi connectivity index (χ4n) is 2.42. The summed E-state index contributed by atoms with van der Waals surface area (Å²) in [5, 5.41) is 3.23. The molecule has 1 heterocycles. The predicted octanol–water partition coefficient (Wildman–Crippen LogP) is 1.93. The molecule has 0 saturated carbocycles. The Morgan fingerprint density at radius 2 is 2.13 bits per heavy atom. The monoisotopic (exact) mass is 426 g/mol. The highest BCUT2D eigenvalue weighted by atomic mass is 79.9. The van der Waals surface area contributed by atoms with Crippen LogP contribution in [0.4, 0.5) is 0 Å². The highest BCUT2D eigenvalue weighted by Crippen LogP contribution is 2.25. The van der Waals surface area contributed by atoms with Gasteiger partial charge in [-0.25, -0.2) is 17.9 Å². The molecule has 2 atom stereocenters. The summed E-state index contributed by atoms with van der Waals surface area (Å²) in [7, 11) is -2.37. The molecular weight excluding hydrogens is 408 g/mol. The number of carbonyl (C=O) groups is 1.